The second kappa shape index (κ2) is 3.61. The van der Waals surface area contributed by atoms with E-state index < -0.39 is 0 Å². The first-order chi connectivity index (χ1) is 7.16. The monoisotopic (exact) mass is 199 g/mol. The van der Waals surface area contributed by atoms with Gasteiger partial charge in [0.2, 0.25) is 0 Å². The zero-order valence-corrected chi connectivity index (χ0v) is 8.31. The lowest BCUT2D eigenvalue weighted by Crippen LogP contribution is -2.16. The van der Waals surface area contributed by atoms with Gasteiger partial charge in [0.05, 0.1) is 11.9 Å². The third kappa shape index (κ3) is 1.91. The Hall–Kier alpha value is -2.04. The standard InChI is InChI=1S/C10H10BN3O/c11-9-10(12)13-5-8(14-9)6-1-3-7(15)4-2-6/h1-5,15H,11H2,(H2,12,13). The average molecular weight is 199 g/mol. The van der Waals surface area contributed by atoms with E-state index in [0.29, 0.717) is 11.4 Å². The van der Waals surface area contributed by atoms with E-state index in [4.69, 9.17) is 10.8 Å². The minimum atomic E-state index is 0.235. The van der Waals surface area contributed by atoms with Gasteiger partial charge >= 0.3 is 0 Å². The highest BCUT2D eigenvalue weighted by Gasteiger charge is 2.02. The van der Waals surface area contributed by atoms with Gasteiger partial charge in [-0.15, -0.1) is 0 Å². The number of phenols is 1. The highest BCUT2D eigenvalue weighted by atomic mass is 16.3. The summed E-state index contributed by atoms with van der Waals surface area (Å²) in [5, 5.41) is 9.15. The number of nitrogens with zero attached hydrogens (tertiary/aromatic N) is 2. The van der Waals surface area contributed by atoms with Gasteiger partial charge in [-0.2, -0.15) is 0 Å². The molecule has 0 spiro atoms. The number of rotatable bonds is 1. The Bertz CT molecular complexity index is 485. The molecule has 0 radical (unpaired) electrons. The topological polar surface area (TPSA) is 72.0 Å². The van der Waals surface area contributed by atoms with Crippen molar-refractivity contribution in [3.8, 4) is 17.0 Å². The summed E-state index contributed by atoms with van der Waals surface area (Å²) in [6.07, 6.45) is 1.62. The summed E-state index contributed by atoms with van der Waals surface area (Å²) in [6.45, 7) is 0. The zero-order valence-electron chi connectivity index (χ0n) is 8.31. The van der Waals surface area contributed by atoms with E-state index >= 15 is 0 Å². The van der Waals surface area contributed by atoms with Crippen LogP contribution in [0, 0.1) is 0 Å². The molecule has 5 heteroatoms. The number of aromatic hydroxyl groups is 1. The fourth-order valence-electron chi connectivity index (χ4n) is 1.26. The molecule has 74 valence electrons. The Morgan fingerprint density at radius 3 is 2.47 bits per heavy atom. The van der Waals surface area contributed by atoms with E-state index in [1.54, 1.807) is 30.5 Å². The lowest BCUT2D eigenvalue weighted by molar-refractivity contribution is 0.475. The van der Waals surface area contributed by atoms with E-state index in [1.807, 2.05) is 7.85 Å². The quantitative estimate of drug-likeness (QED) is 0.618. The normalized spacial score (nSPS) is 10.1. The summed E-state index contributed by atoms with van der Waals surface area (Å²) in [5.74, 6) is 0.677. The molecule has 0 amide bonds. The number of nitrogens with two attached hydrogens (primary N) is 1. The van der Waals surface area contributed by atoms with Crippen molar-refractivity contribution in [2.45, 2.75) is 0 Å². The van der Waals surface area contributed by atoms with E-state index in [1.165, 1.54) is 0 Å². The van der Waals surface area contributed by atoms with Crippen LogP contribution in [0.3, 0.4) is 0 Å². The molecule has 3 N–H and O–H groups in total. The fourth-order valence-corrected chi connectivity index (χ4v) is 1.26. The molecule has 0 bridgehead atoms. The highest BCUT2D eigenvalue weighted by Crippen LogP contribution is 2.18. The van der Waals surface area contributed by atoms with Gasteiger partial charge in [0, 0.05) is 11.2 Å². The molecule has 15 heavy (non-hydrogen) atoms. The minimum Gasteiger partial charge on any atom is -0.508 e. The van der Waals surface area contributed by atoms with Gasteiger partial charge in [0.15, 0.2) is 7.85 Å². The van der Waals surface area contributed by atoms with Crippen LogP contribution in [0.4, 0.5) is 5.82 Å². The largest absolute Gasteiger partial charge is 0.508 e. The maximum absolute atomic E-state index is 9.15. The van der Waals surface area contributed by atoms with Crippen molar-refractivity contribution in [1.29, 1.82) is 0 Å². The van der Waals surface area contributed by atoms with Crippen molar-refractivity contribution in [3.05, 3.63) is 30.5 Å². The molecule has 0 aliphatic rings. The summed E-state index contributed by atoms with van der Waals surface area (Å²) in [6, 6.07) is 6.80. The number of hydrogen-bond donors (Lipinski definition) is 2. The van der Waals surface area contributed by atoms with Crippen LogP contribution in [0.2, 0.25) is 0 Å². The molecular weight excluding hydrogens is 189 g/mol. The molecule has 0 saturated carbocycles. The molecule has 4 nitrogen and oxygen atoms in total. The molecule has 0 saturated heterocycles. The van der Waals surface area contributed by atoms with Gasteiger partial charge in [-0.1, -0.05) is 0 Å². The summed E-state index contributed by atoms with van der Waals surface area (Å²) >= 11 is 0. The van der Waals surface area contributed by atoms with Gasteiger partial charge in [0.1, 0.15) is 11.6 Å². The summed E-state index contributed by atoms with van der Waals surface area (Å²) in [4.78, 5) is 8.33. The van der Waals surface area contributed by atoms with Crippen molar-refractivity contribution in [2.24, 2.45) is 0 Å². The van der Waals surface area contributed by atoms with Gasteiger partial charge in [0.25, 0.3) is 0 Å². The highest BCUT2D eigenvalue weighted by molar-refractivity contribution is 6.33. The summed E-state index contributed by atoms with van der Waals surface area (Å²) in [5.41, 5.74) is 7.94. The van der Waals surface area contributed by atoms with Gasteiger partial charge < -0.3 is 10.8 Å². The van der Waals surface area contributed by atoms with Crippen molar-refractivity contribution < 1.29 is 5.11 Å². The van der Waals surface area contributed by atoms with E-state index in [2.05, 4.69) is 9.97 Å². The summed E-state index contributed by atoms with van der Waals surface area (Å²) in [7, 11) is 1.81. The summed E-state index contributed by atoms with van der Waals surface area (Å²) < 4.78 is 0. The van der Waals surface area contributed by atoms with E-state index in [9.17, 15) is 0 Å². The predicted octanol–water partition coefficient (Wildman–Crippen LogP) is -0.310. The third-order valence-corrected chi connectivity index (χ3v) is 2.15. The smallest absolute Gasteiger partial charge is 0.168 e. The number of anilines is 1. The molecular formula is C10H10BN3O. The molecule has 1 aromatic carbocycles. The molecule has 1 aromatic heterocycles. The second-order valence-electron chi connectivity index (χ2n) is 3.27. The Balaban J connectivity index is 2.45. The lowest BCUT2D eigenvalue weighted by atomic mass is 10.0. The molecule has 0 atom stereocenters. The molecule has 0 aliphatic heterocycles. The maximum atomic E-state index is 9.15. The van der Waals surface area contributed by atoms with Gasteiger partial charge in [-0.3, -0.25) is 4.98 Å². The van der Waals surface area contributed by atoms with Gasteiger partial charge in [-0.25, -0.2) is 4.98 Å². The van der Waals surface area contributed by atoms with Crippen molar-refractivity contribution in [2.75, 3.05) is 5.73 Å². The SMILES string of the molecule is Bc1nc(-c2ccc(O)cc2)cnc1N. The average Bonchev–Trinajstić information content (AvgIpc) is 2.23. The first-order valence-electron chi connectivity index (χ1n) is 4.55. The molecule has 2 aromatic rings. The van der Waals surface area contributed by atoms with Crippen LogP contribution in [0.5, 0.6) is 5.75 Å². The van der Waals surface area contributed by atoms with Crippen LogP contribution in [0.25, 0.3) is 11.3 Å². The number of phenolic OH excluding ortho intramolecular Hbond substituents is 1. The van der Waals surface area contributed by atoms with Crippen LogP contribution in [0.1, 0.15) is 0 Å². The first kappa shape index (κ1) is 9.52. The van der Waals surface area contributed by atoms with Gasteiger partial charge in [-0.05, 0) is 24.3 Å². The van der Waals surface area contributed by atoms with Crippen LogP contribution in [0.15, 0.2) is 30.5 Å². The maximum Gasteiger partial charge on any atom is 0.168 e. The lowest BCUT2D eigenvalue weighted by Gasteiger charge is -2.03. The van der Waals surface area contributed by atoms with Crippen LogP contribution in [-0.2, 0) is 0 Å². The number of benzene rings is 1. The second-order valence-corrected chi connectivity index (χ2v) is 3.27. The zero-order chi connectivity index (χ0) is 10.8. The van der Waals surface area contributed by atoms with Crippen LogP contribution >= 0.6 is 0 Å². The molecule has 0 unspecified atom stereocenters. The molecule has 0 aliphatic carbocycles. The number of hydrogen-bond acceptors (Lipinski definition) is 4. The Labute approximate surface area is 88.2 Å². The molecule has 0 fully saturated rings. The Morgan fingerprint density at radius 2 is 1.87 bits per heavy atom. The minimum absolute atomic E-state index is 0.235. The van der Waals surface area contributed by atoms with E-state index in [0.717, 1.165) is 11.3 Å². The van der Waals surface area contributed by atoms with Crippen molar-refractivity contribution in [3.63, 3.8) is 0 Å². The number of aromatic nitrogens is 2. The number of nitrogen functional groups attached to an aromatic ring is 1. The molecule has 1 heterocycles. The van der Waals surface area contributed by atoms with Crippen LogP contribution < -0.4 is 11.3 Å². The third-order valence-electron chi connectivity index (χ3n) is 2.15. The predicted molar refractivity (Wildman–Crippen MR) is 61.7 cm³/mol. The molecule has 2 rings (SSSR count). The van der Waals surface area contributed by atoms with E-state index in [-0.39, 0.29) is 5.75 Å². The fraction of sp³-hybridized carbons (Fsp3) is 0. The van der Waals surface area contributed by atoms with Crippen molar-refractivity contribution >= 4 is 19.3 Å². The Kier molecular flexibility index (Phi) is 2.29. The van der Waals surface area contributed by atoms with Crippen LogP contribution in [-0.4, -0.2) is 22.9 Å². The van der Waals surface area contributed by atoms with Crippen molar-refractivity contribution in [1.82, 2.24) is 9.97 Å². The first-order valence-corrected chi connectivity index (χ1v) is 4.55. The Morgan fingerprint density at radius 1 is 1.20 bits per heavy atom.